The van der Waals surface area contributed by atoms with Crippen molar-refractivity contribution in [3.05, 3.63) is 29.8 Å². The first kappa shape index (κ1) is 23.8. The van der Waals surface area contributed by atoms with Crippen molar-refractivity contribution in [2.45, 2.75) is 25.6 Å². The zero-order chi connectivity index (χ0) is 19.2. The van der Waals surface area contributed by atoms with Crippen molar-refractivity contribution in [3.8, 4) is 0 Å². The third kappa shape index (κ3) is 8.54. The van der Waals surface area contributed by atoms with Gasteiger partial charge < -0.3 is 15.5 Å². The third-order valence-electron chi connectivity index (χ3n) is 4.39. The summed E-state index contributed by atoms with van der Waals surface area (Å²) < 4.78 is 37.0. The van der Waals surface area contributed by atoms with Crippen LogP contribution in [0.5, 0.6) is 0 Å². The Labute approximate surface area is 176 Å². The highest BCUT2D eigenvalue weighted by Crippen LogP contribution is 2.20. The lowest BCUT2D eigenvalue weighted by atomic mass is 10.2. The molecule has 0 aromatic heterocycles. The minimum Gasteiger partial charge on any atom is -0.369 e. The van der Waals surface area contributed by atoms with Crippen LogP contribution in [0.3, 0.4) is 0 Å². The van der Waals surface area contributed by atoms with Crippen LogP contribution in [0, 0.1) is 6.92 Å². The van der Waals surface area contributed by atoms with Gasteiger partial charge in [-0.05, 0) is 32.5 Å². The number of nitrogens with one attached hydrogen (secondary N) is 2. The highest BCUT2D eigenvalue weighted by atomic mass is 127. The normalized spacial score (nSPS) is 17.8. The average Bonchev–Trinajstić information content (AvgIpc) is 3.01. The molecule has 0 bridgehead atoms. The van der Waals surface area contributed by atoms with Crippen LogP contribution in [-0.2, 0) is 0 Å². The average molecular weight is 499 g/mol. The molecular formula is C18H29F3IN5. The molecule has 9 heteroatoms. The molecular weight excluding hydrogens is 470 g/mol. The van der Waals surface area contributed by atoms with Gasteiger partial charge in [0.1, 0.15) is 0 Å². The Morgan fingerprint density at radius 3 is 2.56 bits per heavy atom. The Morgan fingerprint density at radius 1 is 1.30 bits per heavy atom. The number of aryl methyl sites for hydroxylation is 1. The van der Waals surface area contributed by atoms with E-state index in [0.717, 1.165) is 19.5 Å². The maximum atomic E-state index is 12.3. The van der Waals surface area contributed by atoms with Crippen LogP contribution >= 0.6 is 24.0 Å². The summed E-state index contributed by atoms with van der Waals surface area (Å²) in [6.45, 7) is 3.69. The summed E-state index contributed by atoms with van der Waals surface area (Å²) in [4.78, 5) is 7.73. The Balaban J connectivity index is 0.00000364. The summed E-state index contributed by atoms with van der Waals surface area (Å²) in [6, 6.07) is 8.72. The number of hydrogen-bond acceptors (Lipinski definition) is 3. The lowest BCUT2D eigenvalue weighted by molar-refractivity contribution is -0.142. The van der Waals surface area contributed by atoms with Crippen LogP contribution in [0.15, 0.2) is 29.3 Å². The number of nitrogens with zero attached hydrogens (tertiary/aromatic N) is 3. The quantitative estimate of drug-likeness (QED) is 0.359. The Morgan fingerprint density at radius 2 is 1.96 bits per heavy atom. The molecule has 1 aliphatic heterocycles. The maximum Gasteiger partial charge on any atom is 0.401 e. The van der Waals surface area contributed by atoms with E-state index >= 15 is 0 Å². The van der Waals surface area contributed by atoms with E-state index in [1.54, 1.807) is 7.05 Å². The van der Waals surface area contributed by atoms with Crippen LogP contribution in [0.4, 0.5) is 18.9 Å². The first-order chi connectivity index (χ1) is 12.3. The Hall–Kier alpha value is -1.23. The van der Waals surface area contributed by atoms with E-state index in [0.29, 0.717) is 19.0 Å². The molecule has 2 rings (SSSR count). The van der Waals surface area contributed by atoms with Gasteiger partial charge in [-0.1, -0.05) is 17.7 Å². The molecule has 1 fully saturated rings. The highest BCUT2D eigenvalue weighted by Gasteiger charge is 2.29. The van der Waals surface area contributed by atoms with Gasteiger partial charge in [-0.25, -0.2) is 0 Å². The topological polar surface area (TPSA) is 42.9 Å². The van der Waals surface area contributed by atoms with Crippen molar-refractivity contribution in [2.75, 3.05) is 51.7 Å². The molecule has 1 heterocycles. The van der Waals surface area contributed by atoms with E-state index in [4.69, 9.17) is 0 Å². The number of benzene rings is 1. The molecule has 27 heavy (non-hydrogen) atoms. The number of rotatable bonds is 6. The van der Waals surface area contributed by atoms with Crippen molar-refractivity contribution < 1.29 is 13.2 Å². The smallest absolute Gasteiger partial charge is 0.369 e. The second-order valence-electron chi connectivity index (χ2n) is 6.76. The number of guanidine groups is 1. The predicted octanol–water partition coefficient (Wildman–Crippen LogP) is 2.85. The van der Waals surface area contributed by atoms with Crippen molar-refractivity contribution >= 4 is 35.6 Å². The van der Waals surface area contributed by atoms with Gasteiger partial charge in [-0.2, -0.15) is 13.2 Å². The second-order valence-corrected chi connectivity index (χ2v) is 6.76. The number of likely N-dealkylation sites (N-methyl/N-ethyl adjacent to an activating group) is 1. The number of hydrogen-bond donors (Lipinski definition) is 2. The van der Waals surface area contributed by atoms with Crippen LogP contribution in [-0.4, -0.2) is 69.9 Å². The Bertz CT molecular complexity index is 592. The number of alkyl halides is 3. The standard InChI is InChI=1S/C18H28F3N5.HI/c1-14-4-6-16(7-5-14)26-10-8-15(12-26)24-17(22-2)23-9-11-25(3)13-18(19,20)21;/h4-7,15H,8-13H2,1-3H3,(H2,22,23,24);1H. The molecule has 0 spiro atoms. The molecule has 1 unspecified atom stereocenters. The molecule has 1 aromatic carbocycles. The largest absolute Gasteiger partial charge is 0.401 e. The van der Waals surface area contributed by atoms with E-state index in [-0.39, 0.29) is 30.0 Å². The molecule has 1 atom stereocenters. The lowest BCUT2D eigenvalue weighted by Crippen LogP contribution is -2.46. The molecule has 154 valence electrons. The maximum absolute atomic E-state index is 12.3. The molecule has 0 radical (unpaired) electrons. The summed E-state index contributed by atoms with van der Waals surface area (Å²) in [5.74, 6) is 0.626. The number of halogens is 4. The van der Waals surface area contributed by atoms with Crippen LogP contribution in [0.1, 0.15) is 12.0 Å². The van der Waals surface area contributed by atoms with E-state index < -0.39 is 12.7 Å². The molecule has 1 aromatic rings. The van der Waals surface area contributed by atoms with Crippen molar-refractivity contribution in [1.82, 2.24) is 15.5 Å². The summed E-state index contributed by atoms with van der Waals surface area (Å²) in [6.07, 6.45) is -3.18. The fraction of sp³-hybridized carbons (Fsp3) is 0.611. The molecule has 0 saturated carbocycles. The predicted molar refractivity (Wildman–Crippen MR) is 115 cm³/mol. The van der Waals surface area contributed by atoms with E-state index in [2.05, 4.69) is 51.7 Å². The summed E-state index contributed by atoms with van der Waals surface area (Å²) in [5.41, 5.74) is 2.44. The number of anilines is 1. The fourth-order valence-corrected chi connectivity index (χ4v) is 3.01. The Kier molecular flexibility index (Phi) is 9.65. The van der Waals surface area contributed by atoms with Gasteiger partial charge in [0, 0.05) is 45.0 Å². The first-order valence-electron chi connectivity index (χ1n) is 8.81. The first-order valence-corrected chi connectivity index (χ1v) is 8.81. The van der Waals surface area contributed by atoms with Crippen molar-refractivity contribution in [3.63, 3.8) is 0 Å². The second kappa shape index (κ2) is 10.9. The number of aliphatic imine (C=N–C) groups is 1. The summed E-state index contributed by atoms with van der Waals surface area (Å²) in [7, 11) is 3.13. The van der Waals surface area contributed by atoms with Crippen molar-refractivity contribution in [1.29, 1.82) is 0 Å². The van der Waals surface area contributed by atoms with E-state index in [9.17, 15) is 13.2 Å². The molecule has 5 nitrogen and oxygen atoms in total. The zero-order valence-electron chi connectivity index (χ0n) is 16.0. The molecule has 2 N–H and O–H groups in total. The fourth-order valence-electron chi connectivity index (χ4n) is 3.01. The summed E-state index contributed by atoms with van der Waals surface area (Å²) in [5, 5.41) is 6.44. The van der Waals surface area contributed by atoms with E-state index in [1.807, 2.05) is 0 Å². The van der Waals surface area contributed by atoms with Gasteiger partial charge in [0.25, 0.3) is 0 Å². The van der Waals surface area contributed by atoms with Gasteiger partial charge in [0.05, 0.1) is 6.54 Å². The highest BCUT2D eigenvalue weighted by molar-refractivity contribution is 14.0. The van der Waals surface area contributed by atoms with Gasteiger partial charge in [-0.3, -0.25) is 9.89 Å². The van der Waals surface area contributed by atoms with Gasteiger partial charge in [0.2, 0.25) is 0 Å². The van der Waals surface area contributed by atoms with E-state index in [1.165, 1.54) is 23.2 Å². The van der Waals surface area contributed by atoms with Crippen molar-refractivity contribution in [2.24, 2.45) is 4.99 Å². The molecule has 1 saturated heterocycles. The van der Waals surface area contributed by atoms with Gasteiger partial charge in [-0.15, -0.1) is 24.0 Å². The zero-order valence-corrected chi connectivity index (χ0v) is 18.3. The molecule has 0 amide bonds. The van der Waals surface area contributed by atoms with Crippen LogP contribution < -0.4 is 15.5 Å². The van der Waals surface area contributed by atoms with Crippen LogP contribution in [0.2, 0.25) is 0 Å². The van der Waals surface area contributed by atoms with Gasteiger partial charge in [0.15, 0.2) is 5.96 Å². The third-order valence-corrected chi connectivity index (χ3v) is 4.39. The molecule has 0 aliphatic carbocycles. The van der Waals surface area contributed by atoms with Crippen LogP contribution in [0.25, 0.3) is 0 Å². The SMILES string of the molecule is CN=C(NCCN(C)CC(F)(F)F)NC1CCN(c2ccc(C)cc2)C1.I. The van der Waals surface area contributed by atoms with Gasteiger partial charge >= 0.3 is 6.18 Å². The lowest BCUT2D eigenvalue weighted by Gasteiger charge is -2.22. The monoisotopic (exact) mass is 499 g/mol. The minimum absolute atomic E-state index is 0. The summed E-state index contributed by atoms with van der Waals surface area (Å²) >= 11 is 0. The molecule has 1 aliphatic rings. The minimum atomic E-state index is -4.17.